The Morgan fingerprint density at radius 3 is 2.26 bits per heavy atom. The zero-order valence-corrected chi connectivity index (χ0v) is 12.2. The van der Waals surface area contributed by atoms with E-state index in [2.05, 4.69) is 16.7 Å². The molecule has 0 amide bonds. The Balaban J connectivity index is 1.92. The smallest absolute Gasteiger partial charge is 0.327 e. The van der Waals surface area contributed by atoms with Gasteiger partial charge in [0.1, 0.15) is 5.54 Å². The van der Waals surface area contributed by atoms with Gasteiger partial charge in [0.2, 0.25) is 0 Å². The summed E-state index contributed by atoms with van der Waals surface area (Å²) in [6.45, 7) is 10.3. The minimum Gasteiger partial charge on any atom is -0.465 e. The van der Waals surface area contributed by atoms with Crippen molar-refractivity contribution in [2.45, 2.75) is 32.2 Å². The van der Waals surface area contributed by atoms with Crippen molar-refractivity contribution in [1.29, 1.82) is 0 Å². The second kappa shape index (κ2) is 6.20. The van der Waals surface area contributed by atoms with Crippen LogP contribution >= 0.6 is 0 Å². The number of nitrogens with two attached hydrogens (primary N) is 1. The Kier molecular flexibility index (Phi) is 4.81. The number of carbonyl (C=O) groups is 1. The molecule has 1 atom stereocenters. The summed E-state index contributed by atoms with van der Waals surface area (Å²) in [5.74, 6) is 0.103. The fourth-order valence-electron chi connectivity index (χ4n) is 2.86. The lowest BCUT2D eigenvalue weighted by Crippen LogP contribution is -2.61. The molecule has 2 rings (SSSR count). The van der Waals surface area contributed by atoms with Gasteiger partial charge in [-0.3, -0.25) is 4.90 Å². The van der Waals surface area contributed by atoms with Crippen molar-refractivity contribution in [1.82, 2.24) is 9.80 Å². The zero-order valence-electron chi connectivity index (χ0n) is 12.2. The van der Waals surface area contributed by atoms with E-state index in [1.807, 2.05) is 6.92 Å². The number of likely N-dealkylation sites (N-methyl/N-ethyl adjacent to an activating group) is 1. The molecule has 0 bridgehead atoms. The van der Waals surface area contributed by atoms with Crippen molar-refractivity contribution in [2.75, 3.05) is 45.9 Å². The first-order valence-corrected chi connectivity index (χ1v) is 7.51. The Hall–Kier alpha value is -0.650. The lowest BCUT2D eigenvalue weighted by molar-refractivity contribution is -0.151. The lowest BCUT2D eigenvalue weighted by atomic mass is 9.93. The highest BCUT2D eigenvalue weighted by Gasteiger charge is 2.50. The van der Waals surface area contributed by atoms with E-state index < -0.39 is 5.54 Å². The molecule has 1 heterocycles. The van der Waals surface area contributed by atoms with Crippen LogP contribution in [0.15, 0.2) is 0 Å². The Labute approximate surface area is 116 Å². The molecule has 1 saturated heterocycles. The number of ether oxygens (including phenoxy) is 1. The van der Waals surface area contributed by atoms with Gasteiger partial charge < -0.3 is 15.4 Å². The fraction of sp³-hybridized carbons (Fsp3) is 0.929. The summed E-state index contributed by atoms with van der Waals surface area (Å²) in [4.78, 5) is 16.9. The summed E-state index contributed by atoms with van der Waals surface area (Å²) < 4.78 is 5.19. The molecule has 0 aromatic heterocycles. The second-order valence-electron chi connectivity index (χ2n) is 5.75. The minimum atomic E-state index is -0.787. The summed E-state index contributed by atoms with van der Waals surface area (Å²) in [6, 6.07) is 0. The summed E-state index contributed by atoms with van der Waals surface area (Å²) >= 11 is 0. The van der Waals surface area contributed by atoms with Crippen LogP contribution in [0, 0.1) is 5.92 Å². The van der Waals surface area contributed by atoms with Crippen molar-refractivity contribution in [3.8, 4) is 0 Å². The average Bonchev–Trinajstić information content (AvgIpc) is 3.24. The van der Waals surface area contributed by atoms with Gasteiger partial charge in [0.05, 0.1) is 6.61 Å². The standard InChI is InChI=1S/C14H27N3O2/c1-3-16-7-9-17(10-8-16)11-14(15,12-5-6-12)13(18)19-4-2/h12H,3-11,15H2,1-2H3. The summed E-state index contributed by atoms with van der Waals surface area (Å²) in [5.41, 5.74) is 5.61. The van der Waals surface area contributed by atoms with Gasteiger partial charge in [0.15, 0.2) is 0 Å². The molecule has 19 heavy (non-hydrogen) atoms. The van der Waals surface area contributed by atoms with Crippen LogP contribution < -0.4 is 5.73 Å². The molecule has 0 spiro atoms. The van der Waals surface area contributed by atoms with Crippen LogP contribution in [-0.4, -0.2) is 67.2 Å². The number of esters is 1. The molecule has 2 fully saturated rings. The highest BCUT2D eigenvalue weighted by atomic mass is 16.5. The molecule has 2 aliphatic rings. The van der Waals surface area contributed by atoms with Gasteiger partial charge in [0, 0.05) is 32.7 Å². The molecule has 110 valence electrons. The van der Waals surface area contributed by atoms with E-state index in [4.69, 9.17) is 10.5 Å². The lowest BCUT2D eigenvalue weighted by Gasteiger charge is -2.38. The summed E-state index contributed by atoms with van der Waals surface area (Å²) in [6.07, 6.45) is 2.12. The van der Waals surface area contributed by atoms with E-state index in [-0.39, 0.29) is 5.97 Å². The van der Waals surface area contributed by atoms with Gasteiger partial charge in [-0.2, -0.15) is 0 Å². The van der Waals surface area contributed by atoms with Crippen molar-refractivity contribution in [2.24, 2.45) is 11.7 Å². The second-order valence-corrected chi connectivity index (χ2v) is 5.75. The Morgan fingerprint density at radius 2 is 1.79 bits per heavy atom. The van der Waals surface area contributed by atoms with Gasteiger partial charge in [-0.15, -0.1) is 0 Å². The molecule has 0 aromatic carbocycles. The summed E-state index contributed by atoms with van der Waals surface area (Å²) in [5, 5.41) is 0. The minimum absolute atomic E-state index is 0.213. The van der Waals surface area contributed by atoms with Gasteiger partial charge in [-0.05, 0) is 32.2 Å². The van der Waals surface area contributed by atoms with Crippen LogP contribution in [0.5, 0.6) is 0 Å². The third-order valence-electron chi connectivity index (χ3n) is 4.36. The van der Waals surface area contributed by atoms with E-state index in [9.17, 15) is 4.79 Å². The van der Waals surface area contributed by atoms with Gasteiger partial charge >= 0.3 is 5.97 Å². The molecule has 0 aromatic rings. The normalized spacial score (nSPS) is 25.0. The molecular weight excluding hydrogens is 242 g/mol. The van der Waals surface area contributed by atoms with Crippen LogP contribution in [-0.2, 0) is 9.53 Å². The van der Waals surface area contributed by atoms with Gasteiger partial charge in [-0.25, -0.2) is 4.79 Å². The van der Waals surface area contributed by atoms with Crippen LogP contribution in [0.2, 0.25) is 0 Å². The predicted molar refractivity (Wildman–Crippen MR) is 74.8 cm³/mol. The number of hydrogen-bond donors (Lipinski definition) is 1. The zero-order chi connectivity index (χ0) is 13.9. The van der Waals surface area contributed by atoms with Crippen molar-refractivity contribution in [3.05, 3.63) is 0 Å². The van der Waals surface area contributed by atoms with Crippen LogP contribution in [0.1, 0.15) is 26.7 Å². The number of rotatable bonds is 6. The highest BCUT2D eigenvalue weighted by molar-refractivity contribution is 5.82. The number of carbonyl (C=O) groups excluding carboxylic acids is 1. The molecule has 1 saturated carbocycles. The first kappa shape index (κ1) is 14.8. The monoisotopic (exact) mass is 269 g/mol. The number of nitrogens with zero attached hydrogens (tertiary/aromatic N) is 2. The molecule has 1 aliphatic heterocycles. The molecule has 1 aliphatic carbocycles. The number of hydrogen-bond acceptors (Lipinski definition) is 5. The third-order valence-corrected chi connectivity index (χ3v) is 4.36. The third kappa shape index (κ3) is 3.46. The maximum atomic E-state index is 12.2. The molecule has 0 radical (unpaired) electrons. The fourth-order valence-corrected chi connectivity index (χ4v) is 2.86. The van der Waals surface area contributed by atoms with E-state index in [1.165, 1.54) is 0 Å². The van der Waals surface area contributed by atoms with Crippen LogP contribution in [0.3, 0.4) is 0 Å². The average molecular weight is 269 g/mol. The van der Waals surface area contributed by atoms with E-state index in [1.54, 1.807) is 0 Å². The van der Waals surface area contributed by atoms with Crippen molar-refractivity contribution in [3.63, 3.8) is 0 Å². The molecular formula is C14H27N3O2. The highest BCUT2D eigenvalue weighted by Crippen LogP contribution is 2.39. The SMILES string of the molecule is CCOC(=O)C(N)(CN1CCN(CC)CC1)C1CC1. The van der Waals surface area contributed by atoms with Crippen molar-refractivity contribution >= 4 is 5.97 Å². The van der Waals surface area contributed by atoms with Crippen LogP contribution in [0.25, 0.3) is 0 Å². The maximum Gasteiger partial charge on any atom is 0.327 e. The van der Waals surface area contributed by atoms with Gasteiger partial charge in [-0.1, -0.05) is 6.92 Å². The van der Waals surface area contributed by atoms with E-state index in [0.29, 0.717) is 19.1 Å². The van der Waals surface area contributed by atoms with Gasteiger partial charge in [0.25, 0.3) is 0 Å². The van der Waals surface area contributed by atoms with Crippen LogP contribution in [0.4, 0.5) is 0 Å². The molecule has 5 heteroatoms. The first-order valence-electron chi connectivity index (χ1n) is 7.51. The van der Waals surface area contributed by atoms with E-state index in [0.717, 1.165) is 45.6 Å². The summed E-state index contributed by atoms with van der Waals surface area (Å²) in [7, 11) is 0. The van der Waals surface area contributed by atoms with Crippen molar-refractivity contribution < 1.29 is 9.53 Å². The largest absolute Gasteiger partial charge is 0.465 e. The van der Waals surface area contributed by atoms with E-state index >= 15 is 0 Å². The Morgan fingerprint density at radius 1 is 1.21 bits per heavy atom. The topological polar surface area (TPSA) is 58.8 Å². The molecule has 5 nitrogen and oxygen atoms in total. The number of piperazine rings is 1. The Bertz CT molecular complexity index is 312. The quantitative estimate of drug-likeness (QED) is 0.703. The maximum absolute atomic E-state index is 12.2. The molecule has 1 unspecified atom stereocenters. The first-order chi connectivity index (χ1) is 9.10. The molecule has 2 N–H and O–H groups in total. The predicted octanol–water partition coefficient (Wildman–Crippen LogP) is 0.295.